The van der Waals surface area contributed by atoms with Crippen molar-refractivity contribution in [2.45, 2.75) is 6.10 Å². The first-order valence-corrected chi connectivity index (χ1v) is 6.38. The molecular formula is C14H13BrFNO. The van der Waals surface area contributed by atoms with Crippen molar-refractivity contribution in [2.75, 3.05) is 11.9 Å². The zero-order valence-electron chi connectivity index (χ0n) is 9.61. The molecule has 2 rings (SSSR count). The Labute approximate surface area is 114 Å². The fraction of sp³-hybridized carbons (Fsp3) is 0.143. The van der Waals surface area contributed by atoms with Crippen LogP contribution in [0.2, 0.25) is 0 Å². The van der Waals surface area contributed by atoms with Gasteiger partial charge < -0.3 is 10.4 Å². The molecule has 0 aliphatic carbocycles. The van der Waals surface area contributed by atoms with Gasteiger partial charge in [-0.15, -0.1) is 0 Å². The summed E-state index contributed by atoms with van der Waals surface area (Å²) in [4.78, 5) is 0. The van der Waals surface area contributed by atoms with Gasteiger partial charge in [-0.05, 0) is 39.7 Å². The van der Waals surface area contributed by atoms with Crippen LogP contribution in [0.15, 0.2) is 53.0 Å². The molecule has 18 heavy (non-hydrogen) atoms. The van der Waals surface area contributed by atoms with E-state index in [4.69, 9.17) is 0 Å². The highest BCUT2D eigenvalue weighted by molar-refractivity contribution is 9.10. The van der Waals surface area contributed by atoms with E-state index < -0.39 is 6.10 Å². The van der Waals surface area contributed by atoms with E-state index in [0.29, 0.717) is 16.7 Å². The molecule has 1 atom stereocenters. The summed E-state index contributed by atoms with van der Waals surface area (Å²) in [6, 6.07) is 14.1. The molecule has 0 spiro atoms. The van der Waals surface area contributed by atoms with E-state index in [0.717, 1.165) is 5.56 Å². The normalized spacial score (nSPS) is 12.2. The number of nitrogens with one attached hydrogen (secondary N) is 1. The van der Waals surface area contributed by atoms with Gasteiger partial charge in [0.15, 0.2) is 0 Å². The Bertz CT molecular complexity index is 518. The first-order chi connectivity index (χ1) is 8.66. The number of anilines is 1. The Kier molecular flexibility index (Phi) is 4.33. The molecule has 0 amide bonds. The summed E-state index contributed by atoms with van der Waals surface area (Å²) in [7, 11) is 0. The van der Waals surface area contributed by atoms with Gasteiger partial charge in [-0.3, -0.25) is 0 Å². The minimum absolute atomic E-state index is 0.325. The highest BCUT2D eigenvalue weighted by Crippen LogP contribution is 2.20. The van der Waals surface area contributed by atoms with E-state index in [1.807, 2.05) is 30.3 Å². The van der Waals surface area contributed by atoms with Gasteiger partial charge >= 0.3 is 0 Å². The average molecular weight is 310 g/mol. The second kappa shape index (κ2) is 5.98. The fourth-order valence-electron chi connectivity index (χ4n) is 1.61. The second-order valence-electron chi connectivity index (χ2n) is 3.94. The molecule has 2 N–H and O–H groups in total. The van der Waals surface area contributed by atoms with Crippen LogP contribution in [0.4, 0.5) is 10.1 Å². The van der Waals surface area contributed by atoms with Crippen LogP contribution in [-0.4, -0.2) is 11.7 Å². The molecule has 0 aliphatic heterocycles. The predicted molar refractivity (Wildman–Crippen MR) is 74.0 cm³/mol. The van der Waals surface area contributed by atoms with Crippen molar-refractivity contribution in [3.05, 3.63) is 64.4 Å². The molecule has 2 nitrogen and oxygen atoms in total. The topological polar surface area (TPSA) is 32.3 Å². The van der Waals surface area contributed by atoms with E-state index in [-0.39, 0.29) is 5.82 Å². The molecule has 4 heteroatoms. The summed E-state index contributed by atoms with van der Waals surface area (Å²) in [6.07, 6.45) is -0.613. The van der Waals surface area contributed by atoms with Gasteiger partial charge in [-0.2, -0.15) is 0 Å². The predicted octanol–water partition coefficient (Wildman–Crippen LogP) is 3.73. The van der Waals surface area contributed by atoms with E-state index in [1.54, 1.807) is 12.1 Å². The molecule has 0 saturated heterocycles. The van der Waals surface area contributed by atoms with E-state index in [1.165, 1.54) is 6.07 Å². The molecule has 0 fully saturated rings. The van der Waals surface area contributed by atoms with Crippen molar-refractivity contribution < 1.29 is 9.50 Å². The average Bonchev–Trinajstić information content (AvgIpc) is 2.41. The van der Waals surface area contributed by atoms with Crippen LogP contribution in [0.1, 0.15) is 11.7 Å². The number of halogens is 2. The summed E-state index contributed by atoms with van der Waals surface area (Å²) < 4.78 is 13.7. The minimum Gasteiger partial charge on any atom is -0.387 e. The number of hydrogen-bond acceptors (Lipinski definition) is 2. The van der Waals surface area contributed by atoms with Gasteiger partial charge in [0, 0.05) is 12.2 Å². The Hall–Kier alpha value is -1.39. The van der Waals surface area contributed by atoms with Gasteiger partial charge in [0.2, 0.25) is 0 Å². The molecule has 94 valence electrons. The van der Waals surface area contributed by atoms with Crippen LogP contribution in [0.3, 0.4) is 0 Å². The lowest BCUT2D eigenvalue weighted by molar-refractivity contribution is 0.191. The molecule has 0 saturated carbocycles. The van der Waals surface area contributed by atoms with Crippen LogP contribution in [0.5, 0.6) is 0 Å². The van der Waals surface area contributed by atoms with Crippen molar-refractivity contribution in [3.63, 3.8) is 0 Å². The first kappa shape index (κ1) is 13.1. The lowest BCUT2D eigenvalue weighted by atomic mass is 10.1. The van der Waals surface area contributed by atoms with Crippen LogP contribution in [-0.2, 0) is 0 Å². The quantitative estimate of drug-likeness (QED) is 0.902. The van der Waals surface area contributed by atoms with Gasteiger partial charge in [0.05, 0.1) is 10.6 Å². The second-order valence-corrected chi connectivity index (χ2v) is 4.79. The number of rotatable bonds is 4. The molecule has 0 aromatic heterocycles. The molecule has 1 unspecified atom stereocenters. The Morgan fingerprint density at radius 1 is 1.17 bits per heavy atom. The van der Waals surface area contributed by atoms with Crippen molar-refractivity contribution in [1.29, 1.82) is 0 Å². The first-order valence-electron chi connectivity index (χ1n) is 5.59. The maximum atomic E-state index is 13.3. The van der Waals surface area contributed by atoms with Crippen molar-refractivity contribution in [2.24, 2.45) is 0 Å². The lowest BCUT2D eigenvalue weighted by Crippen LogP contribution is -2.12. The number of benzene rings is 2. The Balaban J connectivity index is 1.97. The zero-order valence-corrected chi connectivity index (χ0v) is 11.2. The SMILES string of the molecule is OC(CNc1ccc(Br)c(F)c1)c1ccccc1. The molecule has 2 aromatic carbocycles. The molecule has 0 bridgehead atoms. The van der Waals surface area contributed by atoms with E-state index in [2.05, 4.69) is 21.2 Å². The van der Waals surface area contributed by atoms with Crippen LogP contribution in [0, 0.1) is 5.82 Å². The fourth-order valence-corrected chi connectivity index (χ4v) is 1.86. The Morgan fingerprint density at radius 3 is 2.56 bits per heavy atom. The van der Waals surface area contributed by atoms with Crippen molar-refractivity contribution in [3.8, 4) is 0 Å². The van der Waals surface area contributed by atoms with Crippen LogP contribution < -0.4 is 5.32 Å². The van der Waals surface area contributed by atoms with Gasteiger partial charge in [0.25, 0.3) is 0 Å². The summed E-state index contributed by atoms with van der Waals surface area (Å²) in [5.41, 5.74) is 1.48. The molecular weight excluding hydrogens is 297 g/mol. The van der Waals surface area contributed by atoms with Gasteiger partial charge in [-0.1, -0.05) is 30.3 Å². The molecule has 0 heterocycles. The van der Waals surface area contributed by atoms with E-state index in [9.17, 15) is 9.50 Å². The van der Waals surface area contributed by atoms with Crippen LogP contribution in [0.25, 0.3) is 0 Å². The van der Waals surface area contributed by atoms with Gasteiger partial charge in [-0.25, -0.2) is 4.39 Å². The highest BCUT2D eigenvalue weighted by atomic mass is 79.9. The smallest absolute Gasteiger partial charge is 0.139 e. The standard InChI is InChI=1S/C14H13BrFNO/c15-12-7-6-11(8-13(12)16)17-9-14(18)10-4-2-1-3-5-10/h1-8,14,17-18H,9H2. The minimum atomic E-state index is -0.613. The molecule has 0 radical (unpaired) electrons. The number of hydrogen-bond donors (Lipinski definition) is 2. The summed E-state index contributed by atoms with van der Waals surface area (Å²) in [5, 5.41) is 12.9. The number of aliphatic hydroxyl groups excluding tert-OH is 1. The zero-order chi connectivity index (χ0) is 13.0. The molecule has 0 aliphatic rings. The third-order valence-electron chi connectivity index (χ3n) is 2.60. The summed E-state index contributed by atoms with van der Waals surface area (Å²) in [5.74, 6) is -0.325. The largest absolute Gasteiger partial charge is 0.387 e. The summed E-state index contributed by atoms with van der Waals surface area (Å²) in [6.45, 7) is 0.338. The highest BCUT2D eigenvalue weighted by Gasteiger charge is 2.07. The Morgan fingerprint density at radius 2 is 1.89 bits per heavy atom. The lowest BCUT2D eigenvalue weighted by Gasteiger charge is -2.13. The van der Waals surface area contributed by atoms with Gasteiger partial charge in [0.1, 0.15) is 5.82 Å². The van der Waals surface area contributed by atoms with Crippen molar-refractivity contribution in [1.82, 2.24) is 0 Å². The summed E-state index contributed by atoms with van der Waals surface area (Å²) >= 11 is 3.09. The number of aliphatic hydroxyl groups is 1. The maximum absolute atomic E-state index is 13.3. The monoisotopic (exact) mass is 309 g/mol. The molecule has 2 aromatic rings. The van der Waals surface area contributed by atoms with Crippen LogP contribution >= 0.6 is 15.9 Å². The van der Waals surface area contributed by atoms with Crippen molar-refractivity contribution >= 4 is 21.6 Å². The van der Waals surface area contributed by atoms with E-state index >= 15 is 0 Å². The third-order valence-corrected chi connectivity index (χ3v) is 3.25. The maximum Gasteiger partial charge on any atom is 0.139 e. The third kappa shape index (κ3) is 3.31.